The van der Waals surface area contributed by atoms with E-state index < -0.39 is 0 Å². The molecule has 0 unspecified atom stereocenters. The highest BCUT2D eigenvalue weighted by molar-refractivity contribution is 8.00. The number of para-hydroxylation sites is 1. The first-order chi connectivity index (χ1) is 12.7. The van der Waals surface area contributed by atoms with Crippen molar-refractivity contribution in [3.8, 4) is 0 Å². The fourth-order valence-corrected chi connectivity index (χ4v) is 4.38. The maximum atomic E-state index is 12.7. The molecule has 1 aliphatic rings. The van der Waals surface area contributed by atoms with Gasteiger partial charge in [0.05, 0.1) is 21.8 Å². The van der Waals surface area contributed by atoms with Crippen LogP contribution in [0.5, 0.6) is 0 Å². The molecule has 0 fully saturated rings. The Morgan fingerprint density at radius 2 is 1.92 bits per heavy atom. The first-order valence-corrected chi connectivity index (χ1v) is 9.99. The maximum absolute atomic E-state index is 12.7. The van der Waals surface area contributed by atoms with Crippen molar-refractivity contribution >= 4 is 28.6 Å². The zero-order valence-corrected chi connectivity index (χ0v) is 15.6. The molecular weight excluding hydrogens is 340 g/mol. The molecule has 2 atom stereocenters. The Bertz CT molecular complexity index is 940. The van der Waals surface area contributed by atoms with Gasteiger partial charge in [0.2, 0.25) is 5.91 Å². The van der Waals surface area contributed by atoms with Gasteiger partial charge >= 0.3 is 0 Å². The fraction of sp³-hybridized carbons (Fsp3) is 0.273. The Morgan fingerprint density at radius 1 is 1.12 bits per heavy atom. The van der Waals surface area contributed by atoms with Gasteiger partial charge < -0.3 is 5.32 Å². The smallest absolute Gasteiger partial charge is 0.233 e. The Labute approximate surface area is 158 Å². The molecule has 0 radical (unpaired) electrons. The molecule has 3 aromatic rings. The average Bonchev–Trinajstić information content (AvgIpc) is 2.68. The lowest BCUT2D eigenvalue weighted by Crippen LogP contribution is -2.35. The number of benzene rings is 2. The molecule has 26 heavy (non-hydrogen) atoms. The summed E-state index contributed by atoms with van der Waals surface area (Å²) < 4.78 is 0. The van der Waals surface area contributed by atoms with Crippen molar-refractivity contribution in [2.75, 3.05) is 0 Å². The zero-order valence-electron chi connectivity index (χ0n) is 14.8. The summed E-state index contributed by atoms with van der Waals surface area (Å²) in [6, 6.07) is 20.7. The van der Waals surface area contributed by atoms with Crippen molar-refractivity contribution in [1.82, 2.24) is 10.3 Å². The topological polar surface area (TPSA) is 42.0 Å². The number of carbonyl (C=O) groups excluding carboxylic acids is 1. The van der Waals surface area contributed by atoms with E-state index in [1.807, 2.05) is 37.3 Å². The van der Waals surface area contributed by atoms with E-state index in [2.05, 4.69) is 40.6 Å². The number of aromatic nitrogens is 1. The number of rotatable bonds is 4. The second-order valence-electron chi connectivity index (χ2n) is 6.75. The zero-order chi connectivity index (χ0) is 17.9. The minimum atomic E-state index is -0.183. The minimum Gasteiger partial charge on any atom is -0.348 e. The summed E-state index contributed by atoms with van der Waals surface area (Å²) in [5.41, 5.74) is 3.60. The van der Waals surface area contributed by atoms with E-state index in [9.17, 15) is 4.79 Å². The third-order valence-corrected chi connectivity index (χ3v) is 5.96. The van der Waals surface area contributed by atoms with E-state index in [1.54, 1.807) is 0 Å². The molecule has 0 saturated carbocycles. The molecule has 4 heteroatoms. The van der Waals surface area contributed by atoms with E-state index in [1.165, 1.54) is 22.9 Å². The SMILES string of the molecule is C[C@H](Sc1ccc2ccccc2n1)C(=O)N[C@H]1CCCc2ccccc21. The Balaban J connectivity index is 1.45. The van der Waals surface area contributed by atoms with Gasteiger partial charge in [-0.05, 0) is 49.4 Å². The minimum absolute atomic E-state index is 0.0756. The molecule has 0 bridgehead atoms. The Hall–Kier alpha value is -2.33. The van der Waals surface area contributed by atoms with E-state index in [4.69, 9.17) is 0 Å². The molecule has 4 rings (SSSR count). The molecule has 1 aliphatic carbocycles. The largest absolute Gasteiger partial charge is 0.348 e. The van der Waals surface area contributed by atoms with Crippen LogP contribution in [0, 0.1) is 0 Å². The van der Waals surface area contributed by atoms with Gasteiger partial charge in [0.1, 0.15) is 0 Å². The number of nitrogens with one attached hydrogen (secondary N) is 1. The fourth-order valence-electron chi connectivity index (χ4n) is 3.54. The molecule has 2 aromatic carbocycles. The van der Waals surface area contributed by atoms with Gasteiger partial charge in [-0.3, -0.25) is 4.79 Å². The molecule has 1 amide bonds. The Kier molecular flexibility index (Phi) is 4.93. The highest BCUT2D eigenvalue weighted by Gasteiger charge is 2.24. The van der Waals surface area contributed by atoms with Crippen molar-refractivity contribution in [1.29, 1.82) is 0 Å². The van der Waals surface area contributed by atoms with Crippen LogP contribution in [0.15, 0.2) is 65.7 Å². The number of thioether (sulfide) groups is 1. The monoisotopic (exact) mass is 362 g/mol. The molecule has 1 N–H and O–H groups in total. The predicted molar refractivity (Wildman–Crippen MR) is 107 cm³/mol. The lowest BCUT2D eigenvalue weighted by molar-refractivity contribution is -0.121. The molecule has 0 saturated heterocycles. The summed E-state index contributed by atoms with van der Waals surface area (Å²) in [5.74, 6) is 0.0756. The third kappa shape index (κ3) is 3.61. The molecule has 3 nitrogen and oxygen atoms in total. The van der Waals surface area contributed by atoms with Gasteiger partial charge in [0.25, 0.3) is 0 Å². The summed E-state index contributed by atoms with van der Waals surface area (Å²) in [6.45, 7) is 1.95. The van der Waals surface area contributed by atoms with Crippen molar-refractivity contribution in [3.63, 3.8) is 0 Å². The van der Waals surface area contributed by atoms with Crippen LogP contribution >= 0.6 is 11.8 Å². The van der Waals surface area contributed by atoms with E-state index in [-0.39, 0.29) is 17.2 Å². The third-order valence-electron chi connectivity index (χ3n) is 4.93. The summed E-state index contributed by atoms with van der Waals surface area (Å²) in [5, 5.41) is 5.06. The van der Waals surface area contributed by atoms with Crippen molar-refractivity contribution in [2.45, 2.75) is 42.5 Å². The van der Waals surface area contributed by atoms with Crippen LogP contribution in [-0.4, -0.2) is 16.1 Å². The van der Waals surface area contributed by atoms with Crippen molar-refractivity contribution in [2.24, 2.45) is 0 Å². The average molecular weight is 362 g/mol. The van der Waals surface area contributed by atoms with Gasteiger partial charge in [0, 0.05) is 5.39 Å². The number of aryl methyl sites for hydroxylation is 1. The van der Waals surface area contributed by atoms with Crippen LogP contribution in [0.4, 0.5) is 0 Å². The lowest BCUT2D eigenvalue weighted by Gasteiger charge is -2.27. The summed E-state index contributed by atoms with van der Waals surface area (Å²) in [7, 11) is 0. The normalized spacial score (nSPS) is 17.5. The first kappa shape index (κ1) is 17.1. The maximum Gasteiger partial charge on any atom is 0.233 e. The number of fused-ring (bicyclic) bond motifs is 2. The summed E-state index contributed by atoms with van der Waals surface area (Å²) >= 11 is 1.51. The summed E-state index contributed by atoms with van der Waals surface area (Å²) in [6.07, 6.45) is 3.23. The van der Waals surface area contributed by atoms with Crippen LogP contribution in [-0.2, 0) is 11.2 Å². The van der Waals surface area contributed by atoms with Crippen molar-refractivity contribution in [3.05, 3.63) is 71.8 Å². The Morgan fingerprint density at radius 3 is 2.85 bits per heavy atom. The molecule has 0 spiro atoms. The number of hydrogen-bond donors (Lipinski definition) is 1. The number of nitrogens with zero attached hydrogens (tertiary/aromatic N) is 1. The number of amides is 1. The number of pyridine rings is 1. The van der Waals surface area contributed by atoms with Gasteiger partial charge in [0.15, 0.2) is 0 Å². The lowest BCUT2D eigenvalue weighted by atomic mass is 9.88. The van der Waals surface area contributed by atoms with Crippen LogP contribution in [0.25, 0.3) is 10.9 Å². The van der Waals surface area contributed by atoms with E-state index in [0.29, 0.717) is 0 Å². The molecule has 132 valence electrons. The number of hydrogen-bond acceptors (Lipinski definition) is 3. The molecule has 0 aliphatic heterocycles. The molecule has 1 heterocycles. The predicted octanol–water partition coefficient (Wildman–Crippen LogP) is 4.91. The van der Waals surface area contributed by atoms with Crippen LogP contribution in [0.3, 0.4) is 0 Å². The van der Waals surface area contributed by atoms with Crippen molar-refractivity contribution < 1.29 is 4.79 Å². The van der Waals surface area contributed by atoms with Crippen LogP contribution < -0.4 is 5.32 Å². The highest BCUT2D eigenvalue weighted by atomic mass is 32.2. The second-order valence-corrected chi connectivity index (χ2v) is 8.12. The quantitative estimate of drug-likeness (QED) is 0.671. The van der Waals surface area contributed by atoms with E-state index >= 15 is 0 Å². The van der Waals surface area contributed by atoms with Gasteiger partial charge in [-0.2, -0.15) is 0 Å². The van der Waals surface area contributed by atoms with E-state index in [0.717, 1.165) is 35.2 Å². The van der Waals surface area contributed by atoms with Crippen LogP contribution in [0.1, 0.15) is 36.9 Å². The van der Waals surface area contributed by atoms with Gasteiger partial charge in [-0.1, -0.05) is 60.3 Å². The van der Waals surface area contributed by atoms with Crippen LogP contribution in [0.2, 0.25) is 0 Å². The standard InChI is InChI=1S/C22H22N2OS/c1-15(26-21-14-13-17-8-3-5-11-19(17)23-21)22(25)24-20-12-6-9-16-7-2-4-10-18(16)20/h2-5,7-8,10-11,13-15,20H,6,9,12H2,1H3,(H,24,25)/t15-,20-/m0/s1. The van der Waals surface area contributed by atoms with Gasteiger partial charge in [-0.25, -0.2) is 4.98 Å². The highest BCUT2D eigenvalue weighted by Crippen LogP contribution is 2.30. The number of carbonyl (C=O) groups is 1. The summed E-state index contributed by atoms with van der Waals surface area (Å²) in [4.78, 5) is 17.4. The second kappa shape index (κ2) is 7.50. The first-order valence-electron chi connectivity index (χ1n) is 9.11. The molecule has 1 aromatic heterocycles. The molecular formula is C22H22N2OS. The van der Waals surface area contributed by atoms with Gasteiger partial charge in [-0.15, -0.1) is 0 Å².